The van der Waals surface area contributed by atoms with Crippen LogP contribution in [0.2, 0.25) is 0 Å². The van der Waals surface area contributed by atoms with Gasteiger partial charge >= 0.3 is 0 Å². The van der Waals surface area contributed by atoms with Crippen LogP contribution in [0, 0.1) is 6.92 Å². The van der Waals surface area contributed by atoms with Crippen molar-refractivity contribution < 1.29 is 23.9 Å². The highest BCUT2D eigenvalue weighted by Gasteiger charge is 2.20. The summed E-state index contributed by atoms with van der Waals surface area (Å²) in [6.45, 7) is 1.73. The summed E-state index contributed by atoms with van der Waals surface area (Å²) in [6.07, 6.45) is -0.307. The van der Waals surface area contributed by atoms with Gasteiger partial charge in [-0.3, -0.25) is 23.9 Å². The van der Waals surface area contributed by atoms with E-state index in [-0.39, 0.29) is 35.7 Å². The SMILES string of the molecule is COc1cc(NC(=O)c2ccccc2)c(OC)cc1NC(=O)CCC(=O)Nc1c(C)n(C)n(-c2ccccc2)c1=O. The third-order valence-corrected chi connectivity index (χ3v) is 6.48. The highest BCUT2D eigenvalue weighted by molar-refractivity contribution is 6.05. The van der Waals surface area contributed by atoms with Crippen LogP contribution in [-0.2, 0) is 16.6 Å². The van der Waals surface area contributed by atoms with Crippen molar-refractivity contribution in [2.75, 3.05) is 30.2 Å². The van der Waals surface area contributed by atoms with E-state index in [2.05, 4.69) is 16.0 Å². The Hall–Kier alpha value is -5.32. The molecule has 4 aromatic rings. The van der Waals surface area contributed by atoms with Crippen LogP contribution in [0.1, 0.15) is 28.9 Å². The molecule has 4 rings (SSSR count). The van der Waals surface area contributed by atoms with Crippen molar-refractivity contribution in [3.05, 3.63) is 94.4 Å². The first-order valence-electron chi connectivity index (χ1n) is 12.8. The zero-order chi connectivity index (χ0) is 29.5. The van der Waals surface area contributed by atoms with E-state index < -0.39 is 11.8 Å². The van der Waals surface area contributed by atoms with Gasteiger partial charge in [-0.1, -0.05) is 36.4 Å². The molecule has 11 nitrogen and oxygen atoms in total. The lowest BCUT2D eigenvalue weighted by Crippen LogP contribution is -2.23. The maximum atomic E-state index is 13.0. The minimum atomic E-state index is -0.477. The average molecular weight is 558 g/mol. The Morgan fingerprint density at radius 3 is 1.83 bits per heavy atom. The van der Waals surface area contributed by atoms with Crippen LogP contribution in [0.15, 0.2) is 77.6 Å². The van der Waals surface area contributed by atoms with Crippen LogP contribution in [0.25, 0.3) is 5.69 Å². The van der Waals surface area contributed by atoms with Gasteiger partial charge in [0.2, 0.25) is 11.8 Å². The van der Waals surface area contributed by atoms with Crippen molar-refractivity contribution in [3.63, 3.8) is 0 Å². The number of ether oxygens (including phenoxy) is 2. The predicted molar refractivity (Wildman–Crippen MR) is 156 cm³/mol. The van der Waals surface area contributed by atoms with Gasteiger partial charge in [-0.15, -0.1) is 0 Å². The second-order valence-corrected chi connectivity index (χ2v) is 9.11. The number of carbonyl (C=O) groups is 3. The van der Waals surface area contributed by atoms with Crippen molar-refractivity contribution in [3.8, 4) is 17.2 Å². The molecule has 1 heterocycles. The number of anilines is 3. The van der Waals surface area contributed by atoms with Crippen LogP contribution >= 0.6 is 0 Å². The molecule has 0 fully saturated rings. The summed E-state index contributed by atoms with van der Waals surface area (Å²) in [4.78, 5) is 51.1. The summed E-state index contributed by atoms with van der Waals surface area (Å²) in [5, 5.41) is 8.15. The van der Waals surface area contributed by atoms with Gasteiger partial charge in [0, 0.05) is 37.6 Å². The number of aromatic nitrogens is 2. The van der Waals surface area contributed by atoms with E-state index in [0.29, 0.717) is 34.1 Å². The Bertz CT molecular complexity index is 1630. The molecule has 0 aliphatic rings. The van der Waals surface area contributed by atoms with E-state index >= 15 is 0 Å². The van der Waals surface area contributed by atoms with Gasteiger partial charge in [0.15, 0.2) is 0 Å². The topological polar surface area (TPSA) is 133 Å². The molecule has 3 N–H and O–H groups in total. The second kappa shape index (κ2) is 12.7. The first-order valence-corrected chi connectivity index (χ1v) is 12.8. The highest BCUT2D eigenvalue weighted by atomic mass is 16.5. The third kappa shape index (κ3) is 6.47. The molecular weight excluding hydrogens is 526 g/mol. The van der Waals surface area contributed by atoms with E-state index in [0.717, 1.165) is 0 Å². The van der Waals surface area contributed by atoms with Gasteiger partial charge < -0.3 is 25.4 Å². The number of para-hydroxylation sites is 1. The van der Waals surface area contributed by atoms with E-state index in [1.165, 1.54) is 31.0 Å². The Balaban J connectivity index is 1.41. The Morgan fingerprint density at radius 1 is 0.756 bits per heavy atom. The minimum absolute atomic E-state index is 0.150. The van der Waals surface area contributed by atoms with E-state index in [9.17, 15) is 19.2 Å². The van der Waals surface area contributed by atoms with Gasteiger partial charge in [0.25, 0.3) is 11.5 Å². The molecule has 0 saturated heterocycles. The third-order valence-electron chi connectivity index (χ3n) is 6.48. The van der Waals surface area contributed by atoms with Crippen LogP contribution in [0.3, 0.4) is 0 Å². The molecule has 212 valence electrons. The van der Waals surface area contributed by atoms with Crippen molar-refractivity contribution in [1.29, 1.82) is 0 Å². The molecular formula is C30H31N5O6. The summed E-state index contributed by atoms with van der Waals surface area (Å²) in [7, 11) is 4.60. The number of methoxy groups -OCH3 is 2. The molecule has 0 saturated carbocycles. The smallest absolute Gasteiger partial charge is 0.295 e. The van der Waals surface area contributed by atoms with Crippen LogP contribution in [0.5, 0.6) is 11.5 Å². The van der Waals surface area contributed by atoms with Crippen LogP contribution < -0.4 is 31.0 Å². The lowest BCUT2D eigenvalue weighted by Gasteiger charge is -2.16. The van der Waals surface area contributed by atoms with Gasteiger partial charge in [-0.2, -0.15) is 0 Å². The first kappa shape index (κ1) is 28.7. The maximum absolute atomic E-state index is 13.0. The van der Waals surface area contributed by atoms with Gasteiger partial charge in [-0.25, -0.2) is 4.68 Å². The Labute approximate surface area is 236 Å². The first-order chi connectivity index (χ1) is 19.7. The van der Waals surface area contributed by atoms with E-state index in [4.69, 9.17) is 9.47 Å². The molecule has 3 aromatic carbocycles. The average Bonchev–Trinajstić information content (AvgIpc) is 3.20. The summed E-state index contributed by atoms with van der Waals surface area (Å²) >= 11 is 0. The molecule has 3 amide bonds. The second-order valence-electron chi connectivity index (χ2n) is 9.11. The number of hydrogen-bond acceptors (Lipinski definition) is 6. The quantitative estimate of drug-likeness (QED) is 0.269. The molecule has 41 heavy (non-hydrogen) atoms. The molecule has 0 aliphatic heterocycles. The largest absolute Gasteiger partial charge is 0.494 e. The predicted octanol–water partition coefficient (Wildman–Crippen LogP) is 4.11. The molecule has 1 aromatic heterocycles. The number of nitrogens with one attached hydrogen (secondary N) is 3. The van der Waals surface area contributed by atoms with Crippen LogP contribution in [0.4, 0.5) is 17.1 Å². The lowest BCUT2D eigenvalue weighted by atomic mass is 10.2. The van der Waals surface area contributed by atoms with Gasteiger partial charge in [0.1, 0.15) is 17.2 Å². The van der Waals surface area contributed by atoms with E-state index in [1.807, 2.05) is 24.3 Å². The monoisotopic (exact) mass is 557 g/mol. The molecule has 0 unspecified atom stereocenters. The summed E-state index contributed by atoms with van der Waals surface area (Å²) < 4.78 is 13.9. The zero-order valence-corrected chi connectivity index (χ0v) is 23.2. The molecule has 11 heteroatoms. The minimum Gasteiger partial charge on any atom is -0.494 e. The van der Waals surface area contributed by atoms with Crippen molar-refractivity contribution >= 4 is 34.8 Å². The zero-order valence-electron chi connectivity index (χ0n) is 23.2. The van der Waals surface area contributed by atoms with Crippen LogP contribution in [-0.4, -0.2) is 41.3 Å². The fraction of sp³-hybridized carbons (Fsp3) is 0.200. The molecule has 0 atom stereocenters. The van der Waals surface area contributed by atoms with Gasteiger partial charge in [-0.05, 0) is 31.2 Å². The summed E-state index contributed by atoms with van der Waals surface area (Å²) in [6, 6.07) is 20.8. The standard InChI is InChI=1S/C30H31N5O6/c1-19-28(30(39)35(34(19)2)21-13-9-6-10-14-21)33-27(37)16-15-26(36)31-22-17-25(41-4)23(18-24(22)40-3)32-29(38)20-11-7-5-8-12-20/h5-14,17-18H,15-16H2,1-4H3,(H,31,36)(H,32,38)(H,33,37). The maximum Gasteiger partial charge on any atom is 0.295 e. The number of benzene rings is 3. The molecule has 0 spiro atoms. The summed E-state index contributed by atoms with van der Waals surface area (Å²) in [5.74, 6) is -0.675. The van der Waals surface area contributed by atoms with Crippen molar-refractivity contribution in [2.24, 2.45) is 7.05 Å². The van der Waals surface area contributed by atoms with Crippen molar-refractivity contribution in [2.45, 2.75) is 19.8 Å². The normalized spacial score (nSPS) is 10.5. The number of amides is 3. The Morgan fingerprint density at radius 2 is 1.27 bits per heavy atom. The molecule has 0 aliphatic carbocycles. The number of nitrogens with zero attached hydrogens (tertiary/aromatic N) is 2. The number of rotatable bonds is 10. The Kier molecular flexibility index (Phi) is 8.88. The van der Waals surface area contributed by atoms with Gasteiger partial charge in [0.05, 0.1) is 37.0 Å². The number of hydrogen-bond donors (Lipinski definition) is 3. The fourth-order valence-electron chi connectivity index (χ4n) is 4.23. The highest BCUT2D eigenvalue weighted by Crippen LogP contribution is 2.36. The van der Waals surface area contributed by atoms with E-state index in [1.54, 1.807) is 55.1 Å². The molecule has 0 radical (unpaired) electrons. The molecule has 0 bridgehead atoms. The number of carbonyl (C=O) groups excluding carboxylic acids is 3. The van der Waals surface area contributed by atoms with Crippen molar-refractivity contribution in [1.82, 2.24) is 9.36 Å². The lowest BCUT2D eigenvalue weighted by molar-refractivity contribution is -0.121. The fourth-order valence-corrected chi connectivity index (χ4v) is 4.23. The summed E-state index contributed by atoms with van der Waals surface area (Å²) in [5.41, 5.74) is 2.15.